The van der Waals surface area contributed by atoms with Crippen molar-refractivity contribution in [3.8, 4) is 0 Å². The Kier molecular flexibility index (Phi) is 6.37. The van der Waals surface area contributed by atoms with Gasteiger partial charge in [-0.15, -0.1) is 0 Å². The molecule has 0 radical (unpaired) electrons. The van der Waals surface area contributed by atoms with E-state index in [2.05, 4.69) is 14.9 Å². The molecule has 0 aromatic heterocycles. The molecule has 11 heteroatoms. The first kappa shape index (κ1) is 22.9. The van der Waals surface area contributed by atoms with Crippen LogP contribution in [0.3, 0.4) is 0 Å². The van der Waals surface area contributed by atoms with E-state index in [-0.39, 0.29) is 21.4 Å². The van der Waals surface area contributed by atoms with E-state index in [1.165, 1.54) is 40.7 Å². The van der Waals surface area contributed by atoms with Gasteiger partial charge in [0.25, 0.3) is 5.91 Å². The number of amides is 1. The number of rotatable bonds is 7. The summed E-state index contributed by atoms with van der Waals surface area (Å²) in [7, 11) is -5.42. The van der Waals surface area contributed by atoms with Crippen LogP contribution in [0.2, 0.25) is 0 Å². The Labute approximate surface area is 188 Å². The second-order valence-corrected chi connectivity index (χ2v) is 11.8. The Balaban J connectivity index is 1.50. The molecule has 1 amide bonds. The van der Waals surface area contributed by atoms with E-state index in [0.717, 1.165) is 12.8 Å². The zero-order chi connectivity index (χ0) is 22.9. The van der Waals surface area contributed by atoms with Gasteiger partial charge in [-0.1, -0.05) is 12.1 Å². The van der Waals surface area contributed by atoms with Crippen molar-refractivity contribution in [3.05, 3.63) is 54.1 Å². The second-order valence-electron chi connectivity index (χ2n) is 8.11. The van der Waals surface area contributed by atoms with Gasteiger partial charge in [-0.3, -0.25) is 4.79 Å². The van der Waals surface area contributed by atoms with Crippen LogP contribution in [0.5, 0.6) is 0 Å². The Morgan fingerprint density at radius 2 is 1.56 bits per heavy atom. The Morgan fingerprint density at radius 3 is 2.25 bits per heavy atom. The van der Waals surface area contributed by atoms with Crippen molar-refractivity contribution in [3.63, 3.8) is 0 Å². The molecule has 0 unspecified atom stereocenters. The van der Waals surface area contributed by atoms with Crippen molar-refractivity contribution < 1.29 is 21.6 Å². The van der Waals surface area contributed by atoms with Crippen molar-refractivity contribution in [2.75, 3.05) is 38.5 Å². The van der Waals surface area contributed by atoms with Gasteiger partial charge >= 0.3 is 0 Å². The van der Waals surface area contributed by atoms with Gasteiger partial charge in [0, 0.05) is 43.5 Å². The summed E-state index contributed by atoms with van der Waals surface area (Å²) in [6.45, 7) is 2.08. The summed E-state index contributed by atoms with van der Waals surface area (Å²) in [5, 5.41) is 2.66. The van der Waals surface area contributed by atoms with Gasteiger partial charge in [0.15, 0.2) is 0 Å². The molecular weight excluding hydrogens is 452 g/mol. The molecule has 1 saturated carbocycles. The normalized spacial score (nSPS) is 18.4. The van der Waals surface area contributed by atoms with Crippen LogP contribution in [0.4, 0.5) is 5.69 Å². The molecule has 2 aromatic rings. The van der Waals surface area contributed by atoms with Crippen LogP contribution in [-0.4, -0.2) is 71.2 Å². The van der Waals surface area contributed by atoms with Crippen LogP contribution >= 0.6 is 0 Å². The fraction of sp³-hybridized carbons (Fsp3) is 0.381. The topological polar surface area (TPSA) is 116 Å². The molecule has 172 valence electrons. The number of nitrogens with one attached hydrogen (secondary N) is 2. The van der Waals surface area contributed by atoms with E-state index < -0.39 is 26.0 Å². The molecule has 1 heterocycles. The minimum atomic E-state index is -3.71. The van der Waals surface area contributed by atoms with Gasteiger partial charge < -0.3 is 10.2 Å². The maximum Gasteiger partial charge on any atom is 0.255 e. The fourth-order valence-corrected chi connectivity index (χ4v) is 6.23. The SMILES string of the molecule is CN1CCN(S(=O)(=O)c2cccc(C(=O)Nc3cccc(S(=O)(=O)NC4CC4)c3)c2)CC1. The Hall–Kier alpha value is -2.31. The molecule has 0 atom stereocenters. The lowest BCUT2D eigenvalue weighted by Crippen LogP contribution is -2.47. The van der Waals surface area contributed by atoms with Crippen molar-refractivity contribution in [1.82, 2.24) is 13.9 Å². The molecule has 9 nitrogen and oxygen atoms in total. The number of anilines is 1. The van der Waals surface area contributed by atoms with Crippen molar-refractivity contribution in [2.24, 2.45) is 0 Å². The quantitative estimate of drug-likeness (QED) is 0.620. The fourth-order valence-electron chi connectivity index (χ4n) is 3.41. The lowest BCUT2D eigenvalue weighted by molar-refractivity contribution is 0.102. The first-order valence-electron chi connectivity index (χ1n) is 10.4. The van der Waals surface area contributed by atoms with E-state index in [1.54, 1.807) is 12.1 Å². The summed E-state index contributed by atoms with van der Waals surface area (Å²) in [5.74, 6) is -0.523. The van der Waals surface area contributed by atoms with Gasteiger partial charge in [0.1, 0.15) is 0 Å². The molecule has 1 aliphatic heterocycles. The molecule has 0 spiro atoms. The molecule has 2 aliphatic rings. The third-order valence-electron chi connectivity index (χ3n) is 5.50. The van der Waals surface area contributed by atoms with E-state index in [0.29, 0.717) is 31.9 Å². The predicted molar refractivity (Wildman–Crippen MR) is 120 cm³/mol. The van der Waals surface area contributed by atoms with Crippen molar-refractivity contribution in [1.29, 1.82) is 0 Å². The number of sulfonamides is 2. The number of hydrogen-bond donors (Lipinski definition) is 2. The average Bonchev–Trinajstić information content (AvgIpc) is 3.58. The van der Waals surface area contributed by atoms with Crippen LogP contribution < -0.4 is 10.0 Å². The van der Waals surface area contributed by atoms with Gasteiger partial charge in [0.2, 0.25) is 20.0 Å². The van der Waals surface area contributed by atoms with Gasteiger partial charge in [-0.2, -0.15) is 4.31 Å². The lowest BCUT2D eigenvalue weighted by Gasteiger charge is -2.31. The first-order chi connectivity index (χ1) is 15.1. The summed E-state index contributed by atoms with van der Waals surface area (Å²) >= 11 is 0. The minimum Gasteiger partial charge on any atom is -0.322 e. The van der Waals surface area contributed by atoms with Gasteiger partial charge in [-0.25, -0.2) is 21.6 Å². The molecule has 1 saturated heterocycles. The number of benzene rings is 2. The highest BCUT2D eigenvalue weighted by Crippen LogP contribution is 2.24. The highest BCUT2D eigenvalue weighted by molar-refractivity contribution is 7.89. The van der Waals surface area contributed by atoms with E-state index in [1.807, 2.05) is 7.05 Å². The van der Waals surface area contributed by atoms with Crippen LogP contribution in [0, 0.1) is 0 Å². The first-order valence-corrected chi connectivity index (χ1v) is 13.3. The monoisotopic (exact) mass is 478 g/mol. The summed E-state index contributed by atoms with van der Waals surface area (Å²) in [6.07, 6.45) is 1.64. The zero-order valence-electron chi connectivity index (χ0n) is 17.7. The summed E-state index contributed by atoms with van der Waals surface area (Å²) in [6, 6.07) is 11.8. The number of nitrogens with zero attached hydrogens (tertiary/aromatic N) is 2. The highest BCUT2D eigenvalue weighted by Gasteiger charge is 2.29. The number of piperazine rings is 1. The number of hydrogen-bond acceptors (Lipinski definition) is 6. The van der Waals surface area contributed by atoms with Gasteiger partial charge in [-0.05, 0) is 56.3 Å². The molecule has 2 N–H and O–H groups in total. The number of carbonyl (C=O) groups is 1. The van der Waals surface area contributed by atoms with Crippen LogP contribution in [0.25, 0.3) is 0 Å². The zero-order valence-corrected chi connectivity index (χ0v) is 19.3. The third kappa shape index (κ3) is 5.18. The third-order valence-corrected chi connectivity index (χ3v) is 8.91. The predicted octanol–water partition coefficient (Wildman–Crippen LogP) is 1.32. The maximum atomic E-state index is 13.0. The number of carbonyl (C=O) groups excluding carboxylic acids is 1. The molecular formula is C21H26N4O5S2. The molecule has 2 aromatic carbocycles. The average molecular weight is 479 g/mol. The Morgan fingerprint density at radius 1 is 0.906 bits per heavy atom. The highest BCUT2D eigenvalue weighted by atomic mass is 32.2. The smallest absolute Gasteiger partial charge is 0.255 e. The van der Waals surface area contributed by atoms with Gasteiger partial charge in [0.05, 0.1) is 9.79 Å². The Bertz CT molecular complexity index is 1220. The molecule has 4 rings (SSSR count). The van der Waals surface area contributed by atoms with Crippen LogP contribution in [-0.2, 0) is 20.0 Å². The minimum absolute atomic E-state index is 0.0248. The molecule has 1 aliphatic carbocycles. The standard InChI is InChI=1S/C21H26N4O5S2/c1-24-10-12-25(13-11-24)32(29,30)20-7-2-4-16(14-20)21(26)22-18-5-3-6-19(15-18)31(27,28)23-17-8-9-17/h2-7,14-15,17,23H,8-13H2,1H3,(H,22,26). The summed E-state index contributed by atoms with van der Waals surface area (Å²) in [5.41, 5.74) is 0.477. The van der Waals surface area contributed by atoms with Crippen molar-refractivity contribution in [2.45, 2.75) is 28.7 Å². The largest absolute Gasteiger partial charge is 0.322 e. The van der Waals surface area contributed by atoms with Crippen LogP contribution in [0.1, 0.15) is 23.2 Å². The molecule has 0 bridgehead atoms. The summed E-state index contributed by atoms with van der Waals surface area (Å²) in [4.78, 5) is 14.9. The maximum absolute atomic E-state index is 13.0. The summed E-state index contributed by atoms with van der Waals surface area (Å²) < 4.78 is 54.8. The second kappa shape index (κ2) is 8.91. The van der Waals surface area contributed by atoms with Crippen molar-refractivity contribution >= 4 is 31.6 Å². The van der Waals surface area contributed by atoms with Crippen LogP contribution in [0.15, 0.2) is 58.3 Å². The molecule has 2 fully saturated rings. The number of likely N-dealkylation sites (N-methyl/N-ethyl adjacent to an activating group) is 1. The van der Waals surface area contributed by atoms with E-state index >= 15 is 0 Å². The molecule has 32 heavy (non-hydrogen) atoms. The van der Waals surface area contributed by atoms with E-state index in [4.69, 9.17) is 0 Å². The van der Waals surface area contributed by atoms with E-state index in [9.17, 15) is 21.6 Å². The lowest BCUT2D eigenvalue weighted by atomic mass is 10.2.